The molecule has 1 heterocycles. The quantitative estimate of drug-likeness (QED) is 0.768. The SMILES string of the molecule is CCCNC(CN1CCOC(CC)C1)C1CCCC1. The molecule has 3 heteroatoms. The van der Waals surface area contributed by atoms with Gasteiger partial charge in [-0.3, -0.25) is 4.90 Å². The van der Waals surface area contributed by atoms with E-state index in [1.807, 2.05) is 0 Å². The van der Waals surface area contributed by atoms with E-state index in [1.165, 1.54) is 45.2 Å². The minimum absolute atomic E-state index is 0.462. The molecule has 1 aliphatic heterocycles. The van der Waals surface area contributed by atoms with Crippen LogP contribution >= 0.6 is 0 Å². The average molecular weight is 268 g/mol. The third kappa shape index (κ3) is 4.73. The van der Waals surface area contributed by atoms with Crippen LogP contribution in [-0.4, -0.2) is 49.8 Å². The summed E-state index contributed by atoms with van der Waals surface area (Å²) in [6.07, 6.45) is 8.60. The Morgan fingerprint density at radius 3 is 2.74 bits per heavy atom. The highest BCUT2D eigenvalue weighted by Gasteiger charge is 2.28. The van der Waals surface area contributed by atoms with Crippen molar-refractivity contribution >= 4 is 0 Å². The van der Waals surface area contributed by atoms with E-state index in [-0.39, 0.29) is 0 Å². The standard InChI is InChI=1S/C16H32N2O/c1-3-9-17-16(14-7-5-6-8-14)13-18-10-11-19-15(4-2)12-18/h14-17H,3-13H2,1-2H3. The fraction of sp³-hybridized carbons (Fsp3) is 1.00. The van der Waals surface area contributed by atoms with Crippen molar-refractivity contribution in [2.24, 2.45) is 5.92 Å². The molecule has 2 fully saturated rings. The Hall–Kier alpha value is -0.120. The van der Waals surface area contributed by atoms with E-state index >= 15 is 0 Å². The first kappa shape index (κ1) is 15.3. The van der Waals surface area contributed by atoms with Crippen molar-refractivity contribution in [3.05, 3.63) is 0 Å². The molecular weight excluding hydrogens is 236 g/mol. The van der Waals surface area contributed by atoms with E-state index in [2.05, 4.69) is 24.1 Å². The van der Waals surface area contributed by atoms with E-state index < -0.39 is 0 Å². The summed E-state index contributed by atoms with van der Waals surface area (Å²) in [5.41, 5.74) is 0. The maximum absolute atomic E-state index is 5.78. The molecule has 2 aliphatic rings. The first-order chi connectivity index (χ1) is 9.33. The molecule has 1 saturated heterocycles. The van der Waals surface area contributed by atoms with E-state index in [4.69, 9.17) is 4.74 Å². The van der Waals surface area contributed by atoms with Crippen molar-refractivity contribution in [2.75, 3.05) is 32.8 Å². The number of ether oxygens (including phenoxy) is 1. The maximum atomic E-state index is 5.78. The highest BCUT2D eigenvalue weighted by atomic mass is 16.5. The van der Waals surface area contributed by atoms with Gasteiger partial charge >= 0.3 is 0 Å². The molecule has 19 heavy (non-hydrogen) atoms. The van der Waals surface area contributed by atoms with Gasteiger partial charge in [0.15, 0.2) is 0 Å². The summed E-state index contributed by atoms with van der Waals surface area (Å²) in [7, 11) is 0. The Labute approximate surface area is 119 Å². The van der Waals surface area contributed by atoms with Crippen LogP contribution in [0.15, 0.2) is 0 Å². The largest absolute Gasteiger partial charge is 0.376 e. The zero-order valence-electron chi connectivity index (χ0n) is 12.9. The summed E-state index contributed by atoms with van der Waals surface area (Å²) in [6.45, 7) is 10.1. The monoisotopic (exact) mass is 268 g/mol. The highest BCUT2D eigenvalue weighted by molar-refractivity contribution is 4.84. The van der Waals surface area contributed by atoms with Gasteiger partial charge in [0.2, 0.25) is 0 Å². The van der Waals surface area contributed by atoms with Crippen molar-refractivity contribution in [1.82, 2.24) is 10.2 Å². The van der Waals surface area contributed by atoms with Crippen molar-refractivity contribution in [2.45, 2.75) is 64.5 Å². The van der Waals surface area contributed by atoms with Crippen LogP contribution in [0, 0.1) is 5.92 Å². The summed E-state index contributed by atoms with van der Waals surface area (Å²) in [5, 5.41) is 3.81. The Morgan fingerprint density at radius 2 is 2.05 bits per heavy atom. The highest BCUT2D eigenvalue weighted by Crippen LogP contribution is 2.28. The normalized spacial score (nSPS) is 27.8. The predicted molar refractivity (Wildman–Crippen MR) is 80.5 cm³/mol. The molecule has 1 N–H and O–H groups in total. The predicted octanol–water partition coefficient (Wildman–Crippen LogP) is 2.66. The molecule has 0 radical (unpaired) electrons. The van der Waals surface area contributed by atoms with Crippen LogP contribution < -0.4 is 5.32 Å². The molecule has 3 nitrogen and oxygen atoms in total. The number of rotatable bonds is 7. The second-order valence-corrected chi connectivity index (χ2v) is 6.27. The molecule has 0 amide bonds. The van der Waals surface area contributed by atoms with Gasteiger partial charge in [0.25, 0.3) is 0 Å². The zero-order valence-corrected chi connectivity index (χ0v) is 12.9. The van der Waals surface area contributed by atoms with Gasteiger partial charge in [-0.2, -0.15) is 0 Å². The third-order valence-corrected chi connectivity index (χ3v) is 4.76. The Kier molecular flexibility index (Phi) is 6.62. The lowest BCUT2D eigenvalue weighted by molar-refractivity contribution is -0.0339. The summed E-state index contributed by atoms with van der Waals surface area (Å²) in [6, 6.07) is 0.707. The second kappa shape index (κ2) is 8.23. The van der Waals surface area contributed by atoms with Gasteiger partial charge in [-0.15, -0.1) is 0 Å². The molecule has 2 rings (SSSR count). The molecule has 0 aromatic carbocycles. The molecule has 2 unspecified atom stereocenters. The number of nitrogens with one attached hydrogen (secondary N) is 1. The lowest BCUT2D eigenvalue weighted by Crippen LogP contribution is -2.50. The summed E-state index contributed by atoms with van der Waals surface area (Å²) < 4.78 is 5.78. The fourth-order valence-electron chi connectivity index (χ4n) is 3.54. The minimum Gasteiger partial charge on any atom is -0.376 e. The van der Waals surface area contributed by atoms with Crippen LogP contribution in [0.3, 0.4) is 0 Å². The Balaban J connectivity index is 1.83. The Bertz CT molecular complexity index is 241. The van der Waals surface area contributed by atoms with E-state index in [0.717, 1.165) is 32.0 Å². The summed E-state index contributed by atoms with van der Waals surface area (Å²) in [4.78, 5) is 2.63. The molecule has 0 aromatic rings. The molecule has 0 bridgehead atoms. The molecule has 0 spiro atoms. The van der Waals surface area contributed by atoms with Gasteiger partial charge in [-0.1, -0.05) is 26.7 Å². The van der Waals surface area contributed by atoms with Crippen LogP contribution in [0.5, 0.6) is 0 Å². The van der Waals surface area contributed by atoms with Gasteiger partial charge in [0.1, 0.15) is 0 Å². The van der Waals surface area contributed by atoms with Gasteiger partial charge in [-0.25, -0.2) is 0 Å². The molecule has 2 atom stereocenters. The van der Waals surface area contributed by atoms with Crippen LogP contribution in [-0.2, 0) is 4.74 Å². The first-order valence-electron chi connectivity index (χ1n) is 8.40. The number of hydrogen-bond donors (Lipinski definition) is 1. The maximum Gasteiger partial charge on any atom is 0.0700 e. The van der Waals surface area contributed by atoms with E-state index in [1.54, 1.807) is 0 Å². The lowest BCUT2D eigenvalue weighted by Gasteiger charge is -2.36. The van der Waals surface area contributed by atoms with Gasteiger partial charge in [-0.05, 0) is 38.1 Å². The van der Waals surface area contributed by atoms with E-state index in [0.29, 0.717) is 12.1 Å². The van der Waals surface area contributed by atoms with Gasteiger partial charge < -0.3 is 10.1 Å². The van der Waals surface area contributed by atoms with Crippen molar-refractivity contribution in [1.29, 1.82) is 0 Å². The fourth-order valence-corrected chi connectivity index (χ4v) is 3.54. The lowest BCUT2D eigenvalue weighted by atomic mass is 9.97. The first-order valence-corrected chi connectivity index (χ1v) is 8.40. The number of morpholine rings is 1. The zero-order chi connectivity index (χ0) is 13.5. The number of nitrogens with zero attached hydrogens (tertiary/aromatic N) is 1. The van der Waals surface area contributed by atoms with E-state index in [9.17, 15) is 0 Å². The van der Waals surface area contributed by atoms with Gasteiger partial charge in [0.05, 0.1) is 12.7 Å². The van der Waals surface area contributed by atoms with Crippen molar-refractivity contribution < 1.29 is 4.74 Å². The van der Waals surface area contributed by atoms with Crippen molar-refractivity contribution in [3.8, 4) is 0 Å². The van der Waals surface area contributed by atoms with Gasteiger partial charge in [0, 0.05) is 25.7 Å². The van der Waals surface area contributed by atoms with Crippen LogP contribution in [0.25, 0.3) is 0 Å². The van der Waals surface area contributed by atoms with Crippen LogP contribution in [0.4, 0.5) is 0 Å². The molecule has 1 aliphatic carbocycles. The molecule has 1 saturated carbocycles. The summed E-state index contributed by atoms with van der Waals surface area (Å²) in [5.74, 6) is 0.912. The smallest absolute Gasteiger partial charge is 0.0700 e. The van der Waals surface area contributed by atoms with Crippen molar-refractivity contribution in [3.63, 3.8) is 0 Å². The second-order valence-electron chi connectivity index (χ2n) is 6.27. The third-order valence-electron chi connectivity index (χ3n) is 4.76. The number of hydrogen-bond acceptors (Lipinski definition) is 3. The Morgan fingerprint density at radius 1 is 1.26 bits per heavy atom. The molecular formula is C16H32N2O. The molecule has 0 aromatic heterocycles. The summed E-state index contributed by atoms with van der Waals surface area (Å²) >= 11 is 0. The van der Waals surface area contributed by atoms with Crippen LogP contribution in [0.1, 0.15) is 52.4 Å². The average Bonchev–Trinajstić information content (AvgIpc) is 2.97. The molecule has 112 valence electrons. The van der Waals surface area contributed by atoms with Crippen LogP contribution in [0.2, 0.25) is 0 Å². The topological polar surface area (TPSA) is 24.5 Å². The minimum atomic E-state index is 0.462.